The highest BCUT2D eigenvalue weighted by Crippen LogP contribution is 2.15. The molecule has 2 aromatic carbocycles. The maximum absolute atomic E-state index is 12.2. The van der Waals surface area contributed by atoms with Crippen LogP contribution in [0.1, 0.15) is 58.5 Å². The van der Waals surface area contributed by atoms with E-state index in [-0.39, 0.29) is 23.5 Å². The second-order valence-electron chi connectivity index (χ2n) is 9.39. The second-order valence-corrected chi connectivity index (χ2v) is 9.39. The summed E-state index contributed by atoms with van der Waals surface area (Å²) >= 11 is 0. The summed E-state index contributed by atoms with van der Waals surface area (Å²) in [5.41, 5.74) is 7.20. The molecule has 2 rings (SSSR count). The first kappa shape index (κ1) is 32.8. The molecule has 3 atom stereocenters. The zero-order valence-electron chi connectivity index (χ0n) is 22.3. The molecule has 11 nitrogen and oxygen atoms in total. The number of hydrogen-bond acceptors (Lipinski definition) is 8. The van der Waals surface area contributed by atoms with Crippen LogP contribution in [-0.4, -0.2) is 63.9 Å². The van der Waals surface area contributed by atoms with E-state index >= 15 is 0 Å². The van der Waals surface area contributed by atoms with Gasteiger partial charge in [-0.3, -0.25) is 4.79 Å². The molecule has 39 heavy (non-hydrogen) atoms. The number of rotatable bonds is 12. The van der Waals surface area contributed by atoms with Crippen LogP contribution in [0.3, 0.4) is 0 Å². The Balaban J connectivity index is 0.000000584. The van der Waals surface area contributed by atoms with Crippen LogP contribution in [-0.2, 0) is 23.9 Å². The summed E-state index contributed by atoms with van der Waals surface area (Å²) in [7, 11) is 0. The molecule has 0 aliphatic carbocycles. The zero-order chi connectivity index (χ0) is 29.7. The van der Waals surface area contributed by atoms with Gasteiger partial charge in [0.2, 0.25) is 12.2 Å². The third-order valence-corrected chi connectivity index (χ3v) is 5.41. The number of ether oxygens (including phenoxy) is 2. The Morgan fingerprint density at radius 3 is 1.33 bits per heavy atom. The van der Waals surface area contributed by atoms with Crippen molar-refractivity contribution in [2.45, 2.75) is 52.7 Å². The molecule has 2 aromatic rings. The molecule has 0 heterocycles. The maximum atomic E-state index is 12.2. The van der Waals surface area contributed by atoms with E-state index in [0.29, 0.717) is 12.5 Å². The van der Waals surface area contributed by atoms with Crippen LogP contribution in [0, 0.1) is 25.7 Å². The number of carbonyl (C=O) groups is 5. The number of carboxylic acid groups (broad SMARTS) is 3. The van der Waals surface area contributed by atoms with Crippen molar-refractivity contribution in [1.82, 2.24) is 0 Å². The van der Waals surface area contributed by atoms with Crippen LogP contribution in [0.15, 0.2) is 48.5 Å². The predicted octanol–water partition coefficient (Wildman–Crippen LogP) is 3.31. The van der Waals surface area contributed by atoms with Gasteiger partial charge in [0, 0.05) is 6.42 Å². The van der Waals surface area contributed by atoms with Crippen molar-refractivity contribution in [1.29, 1.82) is 0 Å². The van der Waals surface area contributed by atoms with Crippen molar-refractivity contribution < 1.29 is 48.8 Å². The molecule has 0 aliphatic heterocycles. The fourth-order valence-corrected chi connectivity index (χ4v) is 3.41. The fourth-order valence-electron chi connectivity index (χ4n) is 3.41. The van der Waals surface area contributed by atoms with Crippen molar-refractivity contribution in [3.05, 3.63) is 70.8 Å². The molecular weight excluding hydrogens is 510 g/mol. The number of nitrogens with two attached hydrogens (primary N) is 1. The summed E-state index contributed by atoms with van der Waals surface area (Å²) < 4.78 is 9.64. The lowest BCUT2D eigenvalue weighted by Crippen LogP contribution is -2.45. The van der Waals surface area contributed by atoms with Crippen molar-refractivity contribution in [3.8, 4) is 0 Å². The van der Waals surface area contributed by atoms with E-state index in [4.69, 9.17) is 20.3 Å². The predicted molar refractivity (Wildman–Crippen MR) is 140 cm³/mol. The van der Waals surface area contributed by atoms with Crippen molar-refractivity contribution in [3.63, 3.8) is 0 Å². The third-order valence-electron chi connectivity index (χ3n) is 5.41. The Bertz CT molecular complexity index is 1050. The quantitative estimate of drug-likeness (QED) is 0.286. The highest BCUT2D eigenvalue weighted by atomic mass is 16.6. The zero-order valence-corrected chi connectivity index (χ0v) is 22.3. The number of benzene rings is 2. The second kappa shape index (κ2) is 15.9. The standard InChI is InChI=1S/C20H18O8.C8H17NO2/c1-11-3-7-13(8-4-11)19(25)27-15(17(21)22)16(18(23)24)28-20(26)14-9-5-12(2)6-10-14;1-6(2)3-7(5-9)4-8(10)11/h3-10,15-16H,1-2H3,(H,21,22)(H,23,24);6-7H,3-5,9H2,1-2H3,(H,10,11)/t;7-/m.0/s1. The van der Waals surface area contributed by atoms with Crippen molar-refractivity contribution in [2.24, 2.45) is 17.6 Å². The molecule has 0 radical (unpaired) electrons. The van der Waals surface area contributed by atoms with Crippen molar-refractivity contribution >= 4 is 29.8 Å². The van der Waals surface area contributed by atoms with E-state index in [1.165, 1.54) is 24.3 Å². The van der Waals surface area contributed by atoms with Crippen molar-refractivity contribution in [2.75, 3.05) is 6.54 Å². The van der Waals surface area contributed by atoms with Gasteiger partial charge in [-0.1, -0.05) is 49.2 Å². The van der Waals surface area contributed by atoms with Gasteiger partial charge in [0.15, 0.2) is 0 Å². The van der Waals surface area contributed by atoms with Crippen LogP contribution in [0.5, 0.6) is 0 Å². The molecule has 0 saturated heterocycles. The first-order chi connectivity index (χ1) is 18.2. The van der Waals surface area contributed by atoms with E-state index < -0.39 is 42.1 Å². The van der Waals surface area contributed by atoms with Gasteiger partial charge in [-0.25, -0.2) is 19.2 Å². The number of esters is 2. The van der Waals surface area contributed by atoms with Crippen LogP contribution >= 0.6 is 0 Å². The molecule has 0 aromatic heterocycles. The van der Waals surface area contributed by atoms with Gasteiger partial charge in [-0.15, -0.1) is 0 Å². The van der Waals surface area contributed by atoms with Crippen LogP contribution < -0.4 is 5.73 Å². The Morgan fingerprint density at radius 1 is 0.718 bits per heavy atom. The minimum atomic E-state index is -2.22. The minimum Gasteiger partial charge on any atom is -0.481 e. The lowest BCUT2D eigenvalue weighted by Gasteiger charge is -2.21. The highest BCUT2D eigenvalue weighted by Gasteiger charge is 2.41. The molecular formula is C28H35NO10. The van der Waals surface area contributed by atoms with Gasteiger partial charge < -0.3 is 30.5 Å². The first-order valence-electron chi connectivity index (χ1n) is 12.2. The molecule has 0 bridgehead atoms. The fraction of sp³-hybridized carbons (Fsp3) is 0.393. The minimum absolute atomic E-state index is 0.0332. The van der Waals surface area contributed by atoms with Gasteiger partial charge in [0.1, 0.15) is 0 Å². The van der Waals surface area contributed by atoms with Gasteiger partial charge >= 0.3 is 29.8 Å². The average Bonchev–Trinajstić information content (AvgIpc) is 2.85. The summed E-state index contributed by atoms with van der Waals surface area (Å²) in [6.07, 6.45) is -3.33. The first-order valence-corrected chi connectivity index (χ1v) is 12.2. The Kier molecular flexibility index (Phi) is 13.3. The van der Waals surface area contributed by atoms with E-state index in [2.05, 4.69) is 13.8 Å². The molecule has 0 saturated carbocycles. The van der Waals surface area contributed by atoms with Gasteiger partial charge in [-0.05, 0) is 62.9 Å². The van der Waals surface area contributed by atoms with E-state index in [0.717, 1.165) is 17.5 Å². The smallest absolute Gasteiger partial charge is 0.349 e. The van der Waals surface area contributed by atoms with E-state index in [1.54, 1.807) is 38.1 Å². The molecule has 5 N–H and O–H groups in total. The summed E-state index contributed by atoms with van der Waals surface area (Å²) in [6, 6.07) is 12.1. The highest BCUT2D eigenvalue weighted by molar-refractivity contribution is 5.95. The number of aliphatic carboxylic acids is 3. The average molecular weight is 546 g/mol. The summed E-state index contributed by atoms with van der Waals surface area (Å²) in [5.74, 6) is -5.69. The van der Waals surface area contributed by atoms with Gasteiger partial charge in [-0.2, -0.15) is 0 Å². The van der Waals surface area contributed by atoms with E-state index in [1.807, 2.05) is 0 Å². The lowest BCUT2D eigenvalue weighted by atomic mass is 9.94. The van der Waals surface area contributed by atoms with Crippen LogP contribution in [0.4, 0.5) is 0 Å². The monoisotopic (exact) mass is 545 g/mol. The Hall–Kier alpha value is -4.25. The summed E-state index contributed by atoms with van der Waals surface area (Å²) in [4.78, 5) is 57.6. The van der Waals surface area contributed by atoms with Gasteiger partial charge in [0.05, 0.1) is 11.1 Å². The number of carbonyl (C=O) groups excluding carboxylic acids is 2. The molecule has 0 amide bonds. The third kappa shape index (κ3) is 11.8. The Morgan fingerprint density at radius 2 is 1.08 bits per heavy atom. The SMILES string of the molecule is CC(C)C[C@H](CN)CC(=O)O.Cc1ccc(C(=O)OC(C(=O)O)C(OC(=O)c2ccc(C)cc2)C(=O)O)cc1. The van der Waals surface area contributed by atoms with E-state index in [9.17, 15) is 34.2 Å². The summed E-state index contributed by atoms with van der Waals surface area (Å²) in [5, 5.41) is 27.1. The molecule has 2 unspecified atom stereocenters. The molecule has 0 fully saturated rings. The largest absolute Gasteiger partial charge is 0.481 e. The molecule has 11 heteroatoms. The van der Waals surface area contributed by atoms with Crippen LogP contribution in [0.25, 0.3) is 0 Å². The van der Waals surface area contributed by atoms with Crippen LogP contribution in [0.2, 0.25) is 0 Å². The lowest BCUT2D eigenvalue weighted by molar-refractivity contribution is -0.166. The summed E-state index contributed by atoms with van der Waals surface area (Å²) in [6.45, 7) is 8.21. The maximum Gasteiger partial charge on any atom is 0.349 e. The number of hydrogen-bond donors (Lipinski definition) is 4. The van der Waals surface area contributed by atoms with Gasteiger partial charge in [0.25, 0.3) is 0 Å². The molecule has 212 valence electrons. The number of carboxylic acids is 3. The molecule has 0 aliphatic rings. The number of aryl methyl sites for hydroxylation is 2. The normalized spacial score (nSPS) is 12.8. The topological polar surface area (TPSA) is 191 Å². The molecule has 0 spiro atoms. The Labute approximate surface area is 226 Å².